The van der Waals surface area contributed by atoms with Crippen LogP contribution in [0.1, 0.15) is 6.42 Å². The SMILES string of the molecule is CN(C)C(=O)CCNC(=S)NN. The fraction of sp³-hybridized carbons (Fsp3) is 0.667. The summed E-state index contributed by atoms with van der Waals surface area (Å²) >= 11 is 4.70. The molecule has 12 heavy (non-hydrogen) atoms. The fourth-order valence-corrected chi connectivity index (χ4v) is 0.660. The van der Waals surface area contributed by atoms with E-state index in [2.05, 4.69) is 10.7 Å². The predicted octanol–water partition coefficient (Wildman–Crippen LogP) is -1.20. The van der Waals surface area contributed by atoms with Crippen molar-refractivity contribution in [3.8, 4) is 0 Å². The molecule has 0 saturated heterocycles. The lowest BCUT2D eigenvalue weighted by molar-refractivity contribution is -0.128. The average Bonchev–Trinajstić information content (AvgIpc) is 2.03. The van der Waals surface area contributed by atoms with Crippen molar-refractivity contribution in [3.63, 3.8) is 0 Å². The summed E-state index contributed by atoms with van der Waals surface area (Å²) < 4.78 is 0. The molecule has 0 bridgehead atoms. The van der Waals surface area contributed by atoms with E-state index in [1.807, 2.05) is 0 Å². The van der Waals surface area contributed by atoms with Crippen molar-refractivity contribution in [3.05, 3.63) is 0 Å². The summed E-state index contributed by atoms with van der Waals surface area (Å²) in [7, 11) is 3.42. The Bertz CT molecular complexity index is 171. The van der Waals surface area contributed by atoms with Gasteiger partial charge in [-0.2, -0.15) is 0 Å². The summed E-state index contributed by atoms with van der Waals surface area (Å²) in [5.74, 6) is 5.06. The minimum Gasteiger partial charge on any atom is -0.361 e. The molecule has 4 N–H and O–H groups in total. The van der Waals surface area contributed by atoms with Crippen LogP contribution in [0.2, 0.25) is 0 Å². The number of hydrogen-bond donors (Lipinski definition) is 3. The van der Waals surface area contributed by atoms with Crippen LogP contribution in [0.5, 0.6) is 0 Å². The largest absolute Gasteiger partial charge is 0.361 e. The number of nitrogens with two attached hydrogens (primary N) is 1. The molecule has 0 saturated carbocycles. The number of carbonyl (C=O) groups excluding carboxylic acids is 1. The van der Waals surface area contributed by atoms with Gasteiger partial charge in [0.2, 0.25) is 5.91 Å². The van der Waals surface area contributed by atoms with Gasteiger partial charge in [-0.25, -0.2) is 5.84 Å². The summed E-state index contributed by atoms with van der Waals surface area (Å²) in [6, 6.07) is 0. The molecule has 6 heteroatoms. The van der Waals surface area contributed by atoms with E-state index in [1.165, 1.54) is 4.90 Å². The van der Waals surface area contributed by atoms with Crippen LogP contribution in [0.15, 0.2) is 0 Å². The van der Waals surface area contributed by atoms with Crippen LogP contribution in [0.25, 0.3) is 0 Å². The molecule has 70 valence electrons. The van der Waals surface area contributed by atoms with Gasteiger partial charge in [-0.1, -0.05) is 0 Å². The Morgan fingerprint density at radius 2 is 2.17 bits per heavy atom. The van der Waals surface area contributed by atoms with Crippen LogP contribution in [0.4, 0.5) is 0 Å². The first-order valence-corrected chi connectivity index (χ1v) is 3.93. The summed E-state index contributed by atoms with van der Waals surface area (Å²) in [6.45, 7) is 0.500. The minimum atomic E-state index is 0.0577. The second-order valence-corrected chi connectivity index (χ2v) is 2.85. The molecule has 0 aromatic heterocycles. The topological polar surface area (TPSA) is 70.4 Å². The van der Waals surface area contributed by atoms with E-state index in [9.17, 15) is 4.79 Å². The van der Waals surface area contributed by atoms with Gasteiger partial charge >= 0.3 is 0 Å². The zero-order valence-electron chi connectivity index (χ0n) is 7.26. The van der Waals surface area contributed by atoms with Crippen molar-refractivity contribution in [1.29, 1.82) is 0 Å². The van der Waals surface area contributed by atoms with Crippen LogP contribution in [-0.2, 0) is 4.79 Å². The van der Waals surface area contributed by atoms with Crippen molar-refractivity contribution in [2.45, 2.75) is 6.42 Å². The molecule has 0 aromatic rings. The molecule has 0 rings (SSSR count). The van der Waals surface area contributed by atoms with E-state index in [0.717, 1.165) is 0 Å². The van der Waals surface area contributed by atoms with Crippen LogP contribution < -0.4 is 16.6 Å². The summed E-state index contributed by atoms with van der Waals surface area (Å²) in [5.41, 5.74) is 2.26. The third-order valence-electron chi connectivity index (χ3n) is 1.25. The van der Waals surface area contributed by atoms with Crippen LogP contribution in [0.3, 0.4) is 0 Å². The number of thiocarbonyl (C=S) groups is 1. The maximum atomic E-state index is 11.0. The Kier molecular flexibility index (Phi) is 5.31. The second-order valence-electron chi connectivity index (χ2n) is 2.44. The molecule has 0 unspecified atom stereocenters. The Morgan fingerprint density at radius 1 is 1.58 bits per heavy atom. The number of nitrogens with one attached hydrogen (secondary N) is 2. The lowest BCUT2D eigenvalue weighted by Crippen LogP contribution is -2.41. The maximum Gasteiger partial charge on any atom is 0.223 e. The number of hydrogen-bond acceptors (Lipinski definition) is 3. The van der Waals surface area contributed by atoms with E-state index in [0.29, 0.717) is 18.1 Å². The van der Waals surface area contributed by atoms with E-state index in [1.54, 1.807) is 14.1 Å². The van der Waals surface area contributed by atoms with Crippen LogP contribution >= 0.6 is 12.2 Å². The van der Waals surface area contributed by atoms with Crippen molar-refractivity contribution >= 4 is 23.2 Å². The van der Waals surface area contributed by atoms with Gasteiger partial charge in [0.15, 0.2) is 5.11 Å². The zero-order valence-corrected chi connectivity index (χ0v) is 8.07. The van der Waals surface area contributed by atoms with Gasteiger partial charge < -0.3 is 15.6 Å². The summed E-state index contributed by atoms with van der Waals surface area (Å²) in [6.07, 6.45) is 0.412. The fourth-order valence-electron chi connectivity index (χ4n) is 0.558. The highest BCUT2D eigenvalue weighted by atomic mass is 32.1. The number of carbonyl (C=O) groups is 1. The molecular weight excluding hydrogens is 176 g/mol. The molecule has 0 aromatic carbocycles. The Balaban J connectivity index is 3.44. The lowest BCUT2D eigenvalue weighted by Gasteiger charge is -2.10. The number of rotatable bonds is 3. The van der Waals surface area contributed by atoms with E-state index in [-0.39, 0.29) is 5.91 Å². The van der Waals surface area contributed by atoms with Gasteiger partial charge in [-0.15, -0.1) is 0 Å². The average molecular weight is 190 g/mol. The summed E-state index contributed by atoms with van der Waals surface area (Å²) in [4.78, 5) is 12.5. The van der Waals surface area contributed by atoms with E-state index in [4.69, 9.17) is 18.1 Å². The maximum absolute atomic E-state index is 11.0. The Labute approximate surface area is 77.3 Å². The number of nitrogens with zero attached hydrogens (tertiary/aromatic N) is 1. The molecule has 0 radical (unpaired) electrons. The quantitative estimate of drug-likeness (QED) is 0.296. The van der Waals surface area contributed by atoms with Crippen molar-refractivity contribution < 1.29 is 4.79 Å². The normalized spacial score (nSPS) is 8.92. The van der Waals surface area contributed by atoms with Crippen molar-refractivity contribution in [2.24, 2.45) is 5.84 Å². The van der Waals surface area contributed by atoms with E-state index >= 15 is 0 Å². The van der Waals surface area contributed by atoms with Crippen molar-refractivity contribution in [2.75, 3.05) is 20.6 Å². The third-order valence-corrected chi connectivity index (χ3v) is 1.52. The first kappa shape index (κ1) is 11.1. The molecule has 0 spiro atoms. The number of hydrazine groups is 1. The molecule has 1 amide bonds. The molecule has 0 fully saturated rings. The van der Waals surface area contributed by atoms with Gasteiger partial charge in [0.05, 0.1) is 0 Å². The van der Waals surface area contributed by atoms with Crippen molar-refractivity contribution in [1.82, 2.24) is 15.6 Å². The molecule has 0 aliphatic heterocycles. The molecule has 0 atom stereocenters. The smallest absolute Gasteiger partial charge is 0.223 e. The van der Waals surface area contributed by atoms with Gasteiger partial charge in [0.1, 0.15) is 0 Å². The number of amides is 1. The molecule has 0 heterocycles. The van der Waals surface area contributed by atoms with E-state index < -0.39 is 0 Å². The highest BCUT2D eigenvalue weighted by molar-refractivity contribution is 7.80. The van der Waals surface area contributed by atoms with Gasteiger partial charge in [0.25, 0.3) is 0 Å². The highest BCUT2D eigenvalue weighted by Crippen LogP contribution is 1.84. The second kappa shape index (κ2) is 5.73. The first-order chi connectivity index (χ1) is 5.57. The minimum absolute atomic E-state index is 0.0577. The zero-order chi connectivity index (χ0) is 9.56. The van der Waals surface area contributed by atoms with Gasteiger partial charge in [-0.05, 0) is 12.2 Å². The van der Waals surface area contributed by atoms with Crippen LogP contribution in [0, 0.1) is 0 Å². The standard InChI is InChI=1S/C6H14N4OS/c1-10(2)5(11)3-4-8-6(12)9-7/h3-4,7H2,1-2H3,(H2,8,9,12). The molecule has 0 aliphatic rings. The predicted molar refractivity (Wildman–Crippen MR) is 51.2 cm³/mol. The molecule has 5 nitrogen and oxygen atoms in total. The molecular formula is C6H14N4OS. The first-order valence-electron chi connectivity index (χ1n) is 3.52. The lowest BCUT2D eigenvalue weighted by atomic mass is 10.4. The molecule has 0 aliphatic carbocycles. The highest BCUT2D eigenvalue weighted by Gasteiger charge is 2.02. The Morgan fingerprint density at radius 3 is 2.58 bits per heavy atom. The van der Waals surface area contributed by atoms with Gasteiger partial charge in [0, 0.05) is 27.1 Å². The monoisotopic (exact) mass is 190 g/mol. The van der Waals surface area contributed by atoms with Gasteiger partial charge in [-0.3, -0.25) is 4.79 Å². The summed E-state index contributed by atoms with van der Waals surface area (Å²) in [5, 5.41) is 3.11. The Hall–Kier alpha value is -0.880. The third kappa shape index (κ3) is 4.86. The van der Waals surface area contributed by atoms with Crippen LogP contribution in [-0.4, -0.2) is 36.6 Å².